The third-order valence-corrected chi connectivity index (χ3v) is 1.61. The highest BCUT2D eigenvalue weighted by atomic mass is 16.2. The van der Waals surface area contributed by atoms with Crippen LogP contribution in [0.15, 0.2) is 21.9 Å². The van der Waals surface area contributed by atoms with Crippen molar-refractivity contribution in [3.8, 4) is 0 Å². The molecule has 0 spiro atoms. The van der Waals surface area contributed by atoms with Crippen LogP contribution in [0, 0.1) is 0 Å². The Morgan fingerprint density at radius 1 is 1.53 bits per heavy atom. The van der Waals surface area contributed by atoms with Gasteiger partial charge in [-0.25, -0.2) is 4.79 Å². The second-order valence-corrected chi connectivity index (χ2v) is 2.87. The summed E-state index contributed by atoms with van der Waals surface area (Å²) in [6.07, 6.45) is 4.44. The van der Waals surface area contributed by atoms with Gasteiger partial charge in [0.25, 0.3) is 5.56 Å². The fraction of sp³-hybridized carbons (Fsp3) is 0.222. The number of hydrogen-bond acceptors (Lipinski definition) is 3. The van der Waals surface area contributed by atoms with E-state index < -0.39 is 11.2 Å². The first-order valence-corrected chi connectivity index (χ1v) is 4.32. The van der Waals surface area contributed by atoms with E-state index >= 15 is 0 Å². The second-order valence-electron chi connectivity index (χ2n) is 2.87. The molecule has 1 aromatic rings. The van der Waals surface area contributed by atoms with Crippen LogP contribution in [0.2, 0.25) is 0 Å². The Bertz CT molecular complexity index is 484. The van der Waals surface area contributed by atoms with Crippen LogP contribution in [0.25, 0.3) is 6.08 Å². The van der Waals surface area contributed by atoms with Gasteiger partial charge >= 0.3 is 5.69 Å². The zero-order chi connectivity index (χ0) is 11.3. The maximum atomic E-state index is 11.2. The fourth-order valence-electron chi connectivity index (χ4n) is 0.933. The minimum Gasteiger partial charge on any atom is -0.353 e. The summed E-state index contributed by atoms with van der Waals surface area (Å²) in [6, 6.07) is 0. The van der Waals surface area contributed by atoms with E-state index in [2.05, 4.69) is 15.3 Å². The van der Waals surface area contributed by atoms with E-state index in [1.807, 2.05) is 0 Å². The second kappa shape index (κ2) is 4.94. The Balaban J connectivity index is 2.69. The molecule has 80 valence electrons. The lowest BCUT2D eigenvalue weighted by molar-refractivity contribution is -0.118. The highest BCUT2D eigenvalue weighted by Crippen LogP contribution is 1.87. The van der Waals surface area contributed by atoms with Crippen molar-refractivity contribution in [1.29, 1.82) is 0 Å². The topological polar surface area (TPSA) is 94.8 Å². The van der Waals surface area contributed by atoms with Gasteiger partial charge in [0.2, 0.25) is 5.91 Å². The zero-order valence-electron chi connectivity index (χ0n) is 8.16. The molecule has 0 saturated heterocycles. The van der Waals surface area contributed by atoms with Gasteiger partial charge in [-0.15, -0.1) is 0 Å². The average Bonchev–Trinajstić information content (AvgIpc) is 2.14. The van der Waals surface area contributed by atoms with Gasteiger partial charge in [0.1, 0.15) is 0 Å². The first-order chi connectivity index (χ1) is 7.09. The first-order valence-electron chi connectivity index (χ1n) is 4.32. The van der Waals surface area contributed by atoms with Crippen molar-refractivity contribution in [2.75, 3.05) is 6.54 Å². The molecule has 0 aliphatic carbocycles. The summed E-state index contributed by atoms with van der Waals surface area (Å²) < 4.78 is 0. The fourth-order valence-corrected chi connectivity index (χ4v) is 0.933. The van der Waals surface area contributed by atoms with Crippen molar-refractivity contribution < 1.29 is 4.79 Å². The molecule has 6 heteroatoms. The van der Waals surface area contributed by atoms with Crippen LogP contribution in [0.4, 0.5) is 0 Å². The Morgan fingerprint density at radius 3 is 2.87 bits per heavy atom. The quantitative estimate of drug-likeness (QED) is 0.609. The molecular formula is C9H11N3O3. The van der Waals surface area contributed by atoms with Crippen LogP contribution >= 0.6 is 0 Å². The molecular weight excluding hydrogens is 198 g/mol. The minimum atomic E-state index is -0.543. The summed E-state index contributed by atoms with van der Waals surface area (Å²) in [7, 11) is 0. The summed E-state index contributed by atoms with van der Waals surface area (Å²) in [6.45, 7) is 1.74. The number of aromatic amines is 2. The van der Waals surface area contributed by atoms with E-state index in [9.17, 15) is 14.4 Å². The predicted molar refractivity (Wildman–Crippen MR) is 55.4 cm³/mol. The van der Waals surface area contributed by atoms with Crippen molar-refractivity contribution in [2.45, 2.75) is 6.92 Å². The largest absolute Gasteiger partial charge is 0.353 e. The Labute approximate surface area is 85.0 Å². The standard InChI is InChI=1S/C9H11N3O3/c1-6(13)10-4-2-3-7-5-11-9(15)12-8(7)14/h2-3,5H,4H2,1H3,(H,10,13)(H2,11,12,14,15). The first kappa shape index (κ1) is 11.0. The van der Waals surface area contributed by atoms with Crippen LogP contribution in [0.3, 0.4) is 0 Å². The van der Waals surface area contributed by atoms with E-state index in [1.54, 1.807) is 6.08 Å². The molecule has 1 heterocycles. The molecule has 0 bridgehead atoms. The third kappa shape index (κ3) is 3.63. The number of carbonyl (C=O) groups excluding carboxylic acids is 1. The van der Waals surface area contributed by atoms with Crippen LogP contribution in [0.1, 0.15) is 12.5 Å². The van der Waals surface area contributed by atoms with Gasteiger partial charge in [-0.05, 0) is 0 Å². The summed E-state index contributed by atoms with van der Waals surface area (Å²) >= 11 is 0. The molecule has 0 saturated carbocycles. The molecule has 0 unspecified atom stereocenters. The number of H-pyrrole nitrogens is 2. The van der Waals surface area contributed by atoms with Gasteiger partial charge in [-0.2, -0.15) is 0 Å². The maximum absolute atomic E-state index is 11.2. The average molecular weight is 209 g/mol. The van der Waals surface area contributed by atoms with Gasteiger partial charge in [-0.1, -0.05) is 12.2 Å². The SMILES string of the molecule is CC(=O)NCC=Cc1c[nH]c(=O)[nH]c1=O. The summed E-state index contributed by atoms with van der Waals surface area (Å²) in [5.74, 6) is -0.143. The molecule has 0 atom stereocenters. The number of hydrogen-bond donors (Lipinski definition) is 3. The Hall–Kier alpha value is -2.11. The lowest BCUT2D eigenvalue weighted by Crippen LogP contribution is -2.23. The highest BCUT2D eigenvalue weighted by Gasteiger charge is 1.94. The van der Waals surface area contributed by atoms with Gasteiger partial charge < -0.3 is 10.3 Å². The van der Waals surface area contributed by atoms with Crippen LogP contribution in [-0.4, -0.2) is 22.4 Å². The van der Waals surface area contributed by atoms with E-state index in [-0.39, 0.29) is 5.91 Å². The molecule has 6 nitrogen and oxygen atoms in total. The molecule has 0 aliphatic rings. The number of carbonyl (C=O) groups is 1. The number of aromatic nitrogens is 2. The number of rotatable bonds is 3. The zero-order valence-corrected chi connectivity index (χ0v) is 8.16. The summed E-state index contributed by atoms with van der Waals surface area (Å²) in [4.78, 5) is 36.8. The smallest absolute Gasteiger partial charge is 0.325 e. The minimum absolute atomic E-state index is 0.143. The van der Waals surface area contributed by atoms with Gasteiger partial charge in [-0.3, -0.25) is 14.6 Å². The van der Waals surface area contributed by atoms with Crippen molar-refractivity contribution in [1.82, 2.24) is 15.3 Å². The number of amides is 1. The Morgan fingerprint density at radius 2 is 2.27 bits per heavy atom. The van der Waals surface area contributed by atoms with Crippen molar-refractivity contribution >= 4 is 12.0 Å². The lowest BCUT2D eigenvalue weighted by atomic mass is 10.3. The monoisotopic (exact) mass is 209 g/mol. The number of nitrogens with one attached hydrogen (secondary N) is 3. The van der Waals surface area contributed by atoms with E-state index in [4.69, 9.17) is 0 Å². The van der Waals surface area contributed by atoms with E-state index in [0.717, 1.165) is 0 Å². The van der Waals surface area contributed by atoms with Gasteiger partial charge in [0.05, 0.1) is 5.56 Å². The summed E-state index contributed by atoms with van der Waals surface area (Å²) in [5, 5.41) is 2.54. The molecule has 3 N–H and O–H groups in total. The lowest BCUT2D eigenvalue weighted by Gasteiger charge is -1.94. The van der Waals surface area contributed by atoms with Crippen molar-refractivity contribution in [2.24, 2.45) is 0 Å². The van der Waals surface area contributed by atoms with Crippen molar-refractivity contribution in [3.63, 3.8) is 0 Å². The molecule has 15 heavy (non-hydrogen) atoms. The van der Waals surface area contributed by atoms with Crippen LogP contribution < -0.4 is 16.6 Å². The summed E-state index contributed by atoms with van der Waals surface area (Å²) in [5.41, 5.74) is -0.670. The van der Waals surface area contributed by atoms with Gasteiger partial charge in [0, 0.05) is 19.7 Å². The third-order valence-electron chi connectivity index (χ3n) is 1.61. The molecule has 0 aromatic carbocycles. The Kier molecular flexibility index (Phi) is 3.61. The molecule has 1 aromatic heterocycles. The van der Waals surface area contributed by atoms with E-state index in [1.165, 1.54) is 19.2 Å². The predicted octanol–water partition coefficient (Wildman–Crippen LogP) is -0.787. The molecule has 1 rings (SSSR count). The molecule has 0 radical (unpaired) electrons. The van der Waals surface area contributed by atoms with E-state index in [0.29, 0.717) is 12.1 Å². The molecule has 0 aliphatic heterocycles. The molecule has 0 fully saturated rings. The normalized spacial score (nSPS) is 10.5. The highest BCUT2D eigenvalue weighted by molar-refractivity contribution is 5.73. The van der Waals surface area contributed by atoms with Crippen molar-refractivity contribution in [3.05, 3.63) is 38.7 Å². The molecule has 1 amide bonds. The van der Waals surface area contributed by atoms with Gasteiger partial charge in [0.15, 0.2) is 0 Å². The van der Waals surface area contributed by atoms with Crippen LogP contribution in [-0.2, 0) is 4.79 Å². The maximum Gasteiger partial charge on any atom is 0.325 e. The van der Waals surface area contributed by atoms with Crippen LogP contribution in [0.5, 0.6) is 0 Å².